The molecule has 0 bridgehead atoms. The maximum Gasteiger partial charge on any atom is 0.346 e. The lowest BCUT2D eigenvalue weighted by Crippen LogP contribution is -2.40. The Morgan fingerprint density at radius 1 is 1.35 bits per heavy atom. The van der Waals surface area contributed by atoms with Crippen molar-refractivity contribution in [1.29, 1.82) is 0 Å². The average Bonchev–Trinajstić information content (AvgIpc) is 2.41. The van der Waals surface area contributed by atoms with Crippen LogP contribution in [0.3, 0.4) is 0 Å². The fraction of sp³-hybridized carbons (Fsp3) is 0.667. The van der Waals surface area contributed by atoms with Crippen LogP contribution in [-0.2, 0) is 18.9 Å². The molecule has 0 saturated heterocycles. The average molecular weight is 283 g/mol. The molecule has 0 saturated carbocycles. The van der Waals surface area contributed by atoms with Crippen molar-refractivity contribution < 1.29 is 4.79 Å². The summed E-state index contributed by atoms with van der Waals surface area (Å²) in [4.78, 5) is 34.8. The van der Waals surface area contributed by atoms with Crippen molar-refractivity contribution in [2.24, 2.45) is 14.1 Å². The Labute approximate surface area is 116 Å². The Morgan fingerprint density at radius 2 is 2.00 bits per heavy atom. The van der Waals surface area contributed by atoms with Gasteiger partial charge in [-0.2, -0.15) is 0 Å². The molecule has 0 aliphatic carbocycles. The molecule has 0 aliphatic rings. The van der Waals surface area contributed by atoms with E-state index < -0.39 is 11.2 Å². The van der Waals surface area contributed by atoms with E-state index in [1.54, 1.807) is 0 Å². The van der Waals surface area contributed by atoms with Gasteiger partial charge in [-0.05, 0) is 13.3 Å². The number of carbonyl (C=O) groups excluding carboxylic acids is 1. The van der Waals surface area contributed by atoms with Gasteiger partial charge in [0.05, 0.1) is 0 Å². The van der Waals surface area contributed by atoms with Gasteiger partial charge in [0.2, 0.25) is 11.7 Å². The van der Waals surface area contributed by atoms with Crippen molar-refractivity contribution in [3.05, 3.63) is 20.8 Å². The first-order valence-corrected chi connectivity index (χ1v) is 6.54. The Hall–Kier alpha value is -2.12. The number of aromatic nitrogens is 3. The minimum Gasteiger partial charge on any atom is -0.364 e. The van der Waals surface area contributed by atoms with Gasteiger partial charge in [-0.1, -0.05) is 6.92 Å². The summed E-state index contributed by atoms with van der Waals surface area (Å²) >= 11 is 0. The lowest BCUT2D eigenvalue weighted by atomic mass is 10.2. The zero-order valence-corrected chi connectivity index (χ0v) is 12.3. The van der Waals surface area contributed by atoms with Crippen molar-refractivity contribution >= 4 is 11.7 Å². The number of carbonyl (C=O) groups is 1. The highest BCUT2D eigenvalue weighted by Crippen LogP contribution is 1.92. The highest BCUT2D eigenvalue weighted by Gasteiger charge is 2.09. The molecule has 1 aromatic rings. The molecule has 0 radical (unpaired) electrons. The van der Waals surface area contributed by atoms with Crippen LogP contribution in [0.4, 0.5) is 5.82 Å². The Morgan fingerprint density at radius 3 is 2.60 bits per heavy atom. The van der Waals surface area contributed by atoms with Crippen molar-refractivity contribution in [3.8, 4) is 0 Å². The highest BCUT2D eigenvalue weighted by atomic mass is 16.2. The molecular weight excluding hydrogens is 262 g/mol. The van der Waals surface area contributed by atoms with Crippen LogP contribution in [0, 0.1) is 0 Å². The van der Waals surface area contributed by atoms with Crippen molar-refractivity contribution in [1.82, 2.24) is 19.7 Å². The van der Waals surface area contributed by atoms with Crippen molar-refractivity contribution in [2.75, 3.05) is 11.9 Å². The van der Waals surface area contributed by atoms with E-state index in [0.29, 0.717) is 0 Å². The third-order valence-corrected chi connectivity index (χ3v) is 2.99. The molecule has 1 heterocycles. The van der Waals surface area contributed by atoms with Crippen molar-refractivity contribution in [2.45, 2.75) is 32.7 Å². The number of rotatable bonds is 6. The SMILES string of the molecule is CCC(C)NC(=O)CCNc1nn(C)c(=O)n(C)c1=O. The third-order valence-electron chi connectivity index (χ3n) is 2.99. The largest absolute Gasteiger partial charge is 0.364 e. The number of nitrogens with one attached hydrogen (secondary N) is 2. The molecule has 1 atom stereocenters. The Kier molecular flexibility index (Phi) is 5.48. The Bertz CT molecular complexity index is 590. The lowest BCUT2D eigenvalue weighted by Gasteiger charge is -2.12. The van der Waals surface area contributed by atoms with Crippen LogP contribution in [0.5, 0.6) is 0 Å². The van der Waals surface area contributed by atoms with Gasteiger partial charge in [0, 0.05) is 33.1 Å². The van der Waals surface area contributed by atoms with E-state index in [1.165, 1.54) is 14.1 Å². The molecule has 1 amide bonds. The number of nitrogens with zero attached hydrogens (tertiary/aromatic N) is 3. The summed E-state index contributed by atoms with van der Waals surface area (Å²) in [6, 6.07) is 0.131. The van der Waals surface area contributed by atoms with Gasteiger partial charge < -0.3 is 10.6 Å². The first-order chi connectivity index (χ1) is 9.36. The van der Waals surface area contributed by atoms with E-state index >= 15 is 0 Å². The minimum absolute atomic E-state index is 0.0611. The van der Waals surface area contributed by atoms with E-state index in [0.717, 1.165) is 15.7 Å². The second kappa shape index (κ2) is 6.88. The summed E-state index contributed by atoms with van der Waals surface area (Å²) in [5.74, 6) is -0.0283. The fourth-order valence-corrected chi connectivity index (χ4v) is 1.55. The van der Waals surface area contributed by atoms with Gasteiger partial charge in [0.15, 0.2) is 0 Å². The van der Waals surface area contributed by atoms with Crippen LogP contribution >= 0.6 is 0 Å². The first kappa shape index (κ1) is 15.9. The topological polar surface area (TPSA) is 98.0 Å². The van der Waals surface area contributed by atoms with E-state index in [1.807, 2.05) is 13.8 Å². The van der Waals surface area contributed by atoms with Gasteiger partial charge in [-0.3, -0.25) is 14.2 Å². The predicted octanol–water partition coefficient (Wildman–Crippen LogP) is -0.804. The third kappa shape index (κ3) is 3.94. The van der Waals surface area contributed by atoms with Gasteiger partial charge in [0.25, 0.3) is 5.56 Å². The van der Waals surface area contributed by atoms with E-state index in [2.05, 4.69) is 15.7 Å². The predicted molar refractivity (Wildman–Crippen MR) is 75.7 cm³/mol. The molecule has 0 aromatic carbocycles. The molecule has 8 heteroatoms. The summed E-state index contributed by atoms with van der Waals surface area (Å²) in [5.41, 5.74) is -0.995. The van der Waals surface area contributed by atoms with Crippen LogP contribution in [0.1, 0.15) is 26.7 Å². The smallest absolute Gasteiger partial charge is 0.346 e. The quantitative estimate of drug-likeness (QED) is 0.712. The van der Waals surface area contributed by atoms with Crippen LogP contribution < -0.4 is 21.9 Å². The standard InChI is InChI=1S/C12H21N5O3/c1-5-8(2)14-9(18)6-7-13-10-11(19)16(3)12(20)17(4)15-10/h8H,5-7H2,1-4H3,(H,13,15)(H,14,18). The van der Waals surface area contributed by atoms with Crippen LogP contribution in [0.15, 0.2) is 9.59 Å². The monoisotopic (exact) mass is 283 g/mol. The number of anilines is 1. The van der Waals surface area contributed by atoms with Gasteiger partial charge in [-0.25, -0.2) is 9.48 Å². The second-order valence-corrected chi connectivity index (χ2v) is 4.67. The normalized spacial score (nSPS) is 12.0. The molecule has 20 heavy (non-hydrogen) atoms. The van der Waals surface area contributed by atoms with Crippen LogP contribution in [0.25, 0.3) is 0 Å². The molecule has 0 fully saturated rings. The summed E-state index contributed by atoms with van der Waals surface area (Å²) in [6.07, 6.45) is 1.10. The lowest BCUT2D eigenvalue weighted by molar-refractivity contribution is -0.121. The second-order valence-electron chi connectivity index (χ2n) is 4.67. The molecule has 112 valence electrons. The molecule has 1 aromatic heterocycles. The van der Waals surface area contributed by atoms with Gasteiger partial charge in [0.1, 0.15) is 0 Å². The van der Waals surface area contributed by atoms with Gasteiger partial charge >= 0.3 is 5.69 Å². The minimum atomic E-state index is -0.504. The molecule has 0 aliphatic heterocycles. The maximum atomic E-state index is 11.8. The maximum absolute atomic E-state index is 11.8. The molecule has 1 rings (SSSR count). The molecule has 0 spiro atoms. The zero-order chi connectivity index (χ0) is 15.3. The number of hydrogen-bond donors (Lipinski definition) is 2. The highest BCUT2D eigenvalue weighted by molar-refractivity contribution is 5.76. The fourth-order valence-electron chi connectivity index (χ4n) is 1.55. The number of hydrogen-bond acceptors (Lipinski definition) is 5. The van der Waals surface area contributed by atoms with E-state index in [4.69, 9.17) is 0 Å². The van der Waals surface area contributed by atoms with E-state index in [9.17, 15) is 14.4 Å². The van der Waals surface area contributed by atoms with E-state index in [-0.39, 0.29) is 30.7 Å². The molecule has 8 nitrogen and oxygen atoms in total. The van der Waals surface area contributed by atoms with Gasteiger partial charge in [-0.15, -0.1) is 5.10 Å². The first-order valence-electron chi connectivity index (χ1n) is 6.54. The molecule has 1 unspecified atom stereocenters. The van der Waals surface area contributed by atoms with Crippen molar-refractivity contribution in [3.63, 3.8) is 0 Å². The van der Waals surface area contributed by atoms with Crippen LogP contribution in [-0.4, -0.2) is 32.8 Å². The molecular formula is C12H21N5O3. The number of aryl methyl sites for hydroxylation is 1. The summed E-state index contributed by atoms with van der Waals surface area (Å²) in [5, 5.41) is 9.44. The summed E-state index contributed by atoms with van der Waals surface area (Å²) < 4.78 is 2.04. The molecule has 2 N–H and O–H groups in total. The summed E-state index contributed by atoms with van der Waals surface area (Å²) in [6.45, 7) is 4.19. The van der Waals surface area contributed by atoms with Crippen LogP contribution in [0.2, 0.25) is 0 Å². The summed E-state index contributed by atoms with van der Waals surface area (Å²) in [7, 11) is 2.84. The number of amides is 1. The zero-order valence-electron chi connectivity index (χ0n) is 12.3. The Balaban J connectivity index is 2.62.